The maximum atomic E-state index is 12.3. The first-order valence-corrected chi connectivity index (χ1v) is 8.07. The maximum Gasteiger partial charge on any atom is 0.313 e. The number of carbonyl (C=O) groups excluding carboxylic acids is 2. The van der Waals surface area contributed by atoms with Gasteiger partial charge in [-0.05, 0) is 36.8 Å². The molecule has 0 aromatic carbocycles. The molecule has 0 radical (unpaired) electrons. The first-order chi connectivity index (χ1) is 10.6. The lowest BCUT2D eigenvalue weighted by atomic mass is 9.87. The summed E-state index contributed by atoms with van der Waals surface area (Å²) in [6, 6.07) is 1.80. The van der Waals surface area contributed by atoms with Crippen molar-refractivity contribution in [1.29, 1.82) is 0 Å². The van der Waals surface area contributed by atoms with Gasteiger partial charge in [-0.2, -0.15) is 0 Å². The largest absolute Gasteiger partial charge is 0.334 e. The molecule has 1 saturated heterocycles. The topological polar surface area (TPSA) is 62.3 Å². The lowest BCUT2D eigenvalue weighted by molar-refractivity contribution is -0.142. The van der Waals surface area contributed by atoms with E-state index < -0.39 is 11.8 Å². The van der Waals surface area contributed by atoms with Gasteiger partial charge in [-0.3, -0.25) is 14.6 Å². The summed E-state index contributed by atoms with van der Waals surface area (Å²) in [6.07, 6.45) is 6.48. The quantitative estimate of drug-likeness (QED) is 0.870. The first-order valence-electron chi connectivity index (χ1n) is 8.07. The molecule has 2 heterocycles. The van der Waals surface area contributed by atoms with Crippen molar-refractivity contribution in [2.45, 2.75) is 40.0 Å². The van der Waals surface area contributed by atoms with Crippen LogP contribution in [0.1, 0.15) is 38.7 Å². The van der Waals surface area contributed by atoms with Gasteiger partial charge in [0.2, 0.25) is 0 Å². The summed E-state index contributed by atoms with van der Waals surface area (Å²) in [6.45, 7) is 7.64. The van der Waals surface area contributed by atoms with E-state index in [2.05, 4.69) is 24.1 Å². The molecule has 0 bridgehead atoms. The zero-order chi connectivity index (χ0) is 16.1. The standard InChI is InChI=1S/C17H25N3O2/c1-4-13(5-2)14-7-9-20(11-14)17(22)16(21)19-15-10-18-8-6-12(15)3/h6,8,10,13-14H,4-5,7,9,11H2,1-3H3,(H,19,21)/t14-/m0/s1. The van der Waals surface area contributed by atoms with Crippen LogP contribution in [0.3, 0.4) is 0 Å². The van der Waals surface area contributed by atoms with Crippen molar-refractivity contribution >= 4 is 17.5 Å². The number of nitrogens with one attached hydrogen (secondary N) is 1. The van der Waals surface area contributed by atoms with Gasteiger partial charge in [0.05, 0.1) is 11.9 Å². The van der Waals surface area contributed by atoms with Crippen molar-refractivity contribution in [3.8, 4) is 0 Å². The lowest BCUT2D eigenvalue weighted by Crippen LogP contribution is -2.38. The SMILES string of the molecule is CCC(CC)[C@H]1CCN(C(=O)C(=O)Nc2cnccc2C)C1. The Morgan fingerprint density at radius 2 is 2.14 bits per heavy atom. The monoisotopic (exact) mass is 303 g/mol. The van der Waals surface area contributed by atoms with Crippen molar-refractivity contribution < 1.29 is 9.59 Å². The molecule has 1 N–H and O–H groups in total. The number of carbonyl (C=O) groups is 2. The molecule has 1 aromatic rings. The number of hydrogen-bond donors (Lipinski definition) is 1. The molecule has 0 aliphatic carbocycles. The van der Waals surface area contributed by atoms with Gasteiger partial charge in [-0.25, -0.2) is 0 Å². The Labute approximate surface area is 132 Å². The van der Waals surface area contributed by atoms with E-state index in [-0.39, 0.29) is 0 Å². The second kappa shape index (κ2) is 7.38. The minimum Gasteiger partial charge on any atom is -0.334 e. The molecule has 1 fully saturated rings. The van der Waals surface area contributed by atoms with E-state index in [0.717, 1.165) is 24.8 Å². The fourth-order valence-electron chi connectivity index (χ4n) is 3.23. The molecular formula is C17H25N3O2. The van der Waals surface area contributed by atoms with Gasteiger partial charge in [-0.15, -0.1) is 0 Å². The van der Waals surface area contributed by atoms with Crippen LogP contribution < -0.4 is 5.32 Å². The van der Waals surface area contributed by atoms with E-state index >= 15 is 0 Å². The number of likely N-dealkylation sites (tertiary alicyclic amines) is 1. The Morgan fingerprint density at radius 3 is 2.77 bits per heavy atom. The molecule has 0 spiro atoms. The minimum atomic E-state index is -0.568. The molecule has 22 heavy (non-hydrogen) atoms. The zero-order valence-corrected chi connectivity index (χ0v) is 13.6. The molecule has 120 valence electrons. The van der Waals surface area contributed by atoms with Crippen molar-refractivity contribution in [2.75, 3.05) is 18.4 Å². The molecule has 5 nitrogen and oxygen atoms in total. The number of nitrogens with zero attached hydrogens (tertiary/aromatic N) is 2. The third-order valence-electron chi connectivity index (χ3n) is 4.71. The van der Waals surface area contributed by atoms with E-state index in [1.807, 2.05) is 6.92 Å². The van der Waals surface area contributed by atoms with Gasteiger partial charge in [0.25, 0.3) is 0 Å². The van der Waals surface area contributed by atoms with Gasteiger partial charge in [0.15, 0.2) is 0 Å². The van der Waals surface area contributed by atoms with Crippen molar-refractivity contribution in [1.82, 2.24) is 9.88 Å². The molecular weight excluding hydrogens is 278 g/mol. The molecule has 1 atom stereocenters. The Hall–Kier alpha value is -1.91. The van der Waals surface area contributed by atoms with E-state index in [4.69, 9.17) is 0 Å². The van der Waals surface area contributed by atoms with Crippen molar-refractivity contribution in [2.24, 2.45) is 11.8 Å². The average Bonchev–Trinajstić information content (AvgIpc) is 2.99. The molecule has 2 rings (SSSR count). The van der Waals surface area contributed by atoms with E-state index in [0.29, 0.717) is 30.6 Å². The summed E-state index contributed by atoms with van der Waals surface area (Å²) >= 11 is 0. The number of aromatic nitrogens is 1. The highest BCUT2D eigenvalue weighted by molar-refractivity contribution is 6.39. The van der Waals surface area contributed by atoms with E-state index in [1.165, 1.54) is 0 Å². The summed E-state index contributed by atoms with van der Waals surface area (Å²) in [5, 5.41) is 2.67. The second-order valence-corrected chi connectivity index (χ2v) is 6.02. The fourth-order valence-corrected chi connectivity index (χ4v) is 3.23. The predicted octanol–water partition coefficient (Wildman–Crippen LogP) is 2.61. The van der Waals surface area contributed by atoms with Gasteiger partial charge in [0.1, 0.15) is 0 Å². The predicted molar refractivity (Wildman–Crippen MR) is 86.4 cm³/mol. The lowest BCUT2D eigenvalue weighted by Gasteiger charge is -2.21. The fraction of sp³-hybridized carbons (Fsp3) is 0.588. The normalized spacial score (nSPS) is 17.8. The number of anilines is 1. The smallest absolute Gasteiger partial charge is 0.313 e. The van der Waals surface area contributed by atoms with Crippen LogP contribution in [0.4, 0.5) is 5.69 Å². The van der Waals surface area contributed by atoms with Crippen LogP contribution in [0.5, 0.6) is 0 Å². The highest BCUT2D eigenvalue weighted by Gasteiger charge is 2.33. The van der Waals surface area contributed by atoms with Crippen LogP contribution in [-0.4, -0.2) is 34.8 Å². The number of amides is 2. The maximum absolute atomic E-state index is 12.3. The van der Waals surface area contributed by atoms with Gasteiger partial charge >= 0.3 is 11.8 Å². The van der Waals surface area contributed by atoms with Crippen LogP contribution in [0, 0.1) is 18.8 Å². The van der Waals surface area contributed by atoms with E-state index in [9.17, 15) is 9.59 Å². The zero-order valence-electron chi connectivity index (χ0n) is 13.6. The summed E-state index contributed by atoms with van der Waals surface area (Å²) in [7, 11) is 0. The Bertz CT molecular complexity index is 540. The summed E-state index contributed by atoms with van der Waals surface area (Å²) in [4.78, 5) is 30.1. The molecule has 1 aromatic heterocycles. The summed E-state index contributed by atoms with van der Waals surface area (Å²) in [5.41, 5.74) is 1.49. The van der Waals surface area contributed by atoms with E-state index in [1.54, 1.807) is 23.4 Å². The van der Waals surface area contributed by atoms with Crippen molar-refractivity contribution in [3.63, 3.8) is 0 Å². The highest BCUT2D eigenvalue weighted by atomic mass is 16.2. The number of pyridine rings is 1. The van der Waals surface area contributed by atoms with Crippen LogP contribution >= 0.6 is 0 Å². The molecule has 2 amide bonds. The van der Waals surface area contributed by atoms with Gasteiger partial charge < -0.3 is 10.2 Å². The highest BCUT2D eigenvalue weighted by Crippen LogP contribution is 2.28. The summed E-state index contributed by atoms with van der Waals surface area (Å²) < 4.78 is 0. The molecule has 1 aliphatic rings. The van der Waals surface area contributed by atoms with Crippen LogP contribution in [0.2, 0.25) is 0 Å². The van der Waals surface area contributed by atoms with Gasteiger partial charge in [-0.1, -0.05) is 26.7 Å². The number of hydrogen-bond acceptors (Lipinski definition) is 3. The van der Waals surface area contributed by atoms with Gasteiger partial charge in [0, 0.05) is 19.3 Å². The molecule has 0 saturated carbocycles. The molecule has 1 aliphatic heterocycles. The number of rotatable bonds is 4. The summed E-state index contributed by atoms with van der Waals surface area (Å²) in [5.74, 6) is 0.159. The number of aryl methyl sites for hydroxylation is 1. The van der Waals surface area contributed by atoms with Crippen LogP contribution in [0.15, 0.2) is 18.5 Å². The Morgan fingerprint density at radius 1 is 1.41 bits per heavy atom. The van der Waals surface area contributed by atoms with Crippen LogP contribution in [-0.2, 0) is 9.59 Å². The Kier molecular flexibility index (Phi) is 5.52. The van der Waals surface area contributed by atoms with Crippen molar-refractivity contribution in [3.05, 3.63) is 24.0 Å². The third kappa shape index (κ3) is 3.64. The molecule has 0 unspecified atom stereocenters. The first kappa shape index (κ1) is 16.5. The second-order valence-electron chi connectivity index (χ2n) is 6.02. The molecule has 5 heteroatoms. The Balaban J connectivity index is 1.95. The minimum absolute atomic E-state index is 0.434. The third-order valence-corrected chi connectivity index (χ3v) is 4.71. The average molecular weight is 303 g/mol. The van der Waals surface area contributed by atoms with Crippen LogP contribution in [0.25, 0.3) is 0 Å².